The first-order valence-corrected chi connectivity index (χ1v) is 12.9. The Kier molecular flexibility index (Phi) is 7.73. The summed E-state index contributed by atoms with van der Waals surface area (Å²) in [7, 11) is 1.98. The summed E-state index contributed by atoms with van der Waals surface area (Å²) in [6, 6.07) is 0. The van der Waals surface area contributed by atoms with Crippen molar-refractivity contribution in [2.45, 2.75) is 84.3 Å². The van der Waals surface area contributed by atoms with Crippen molar-refractivity contribution >= 4 is 17.7 Å². The number of nitrogens with zero attached hydrogens (tertiary/aromatic N) is 5. The van der Waals surface area contributed by atoms with E-state index in [-0.39, 0.29) is 40.3 Å². The molecule has 3 fully saturated rings. The van der Waals surface area contributed by atoms with Gasteiger partial charge in [-0.15, -0.1) is 0 Å². The van der Waals surface area contributed by atoms with E-state index in [1.54, 1.807) is 0 Å². The molecule has 3 heterocycles. The second-order valence-corrected chi connectivity index (χ2v) is 12.9. The van der Waals surface area contributed by atoms with Crippen LogP contribution in [0.3, 0.4) is 0 Å². The van der Waals surface area contributed by atoms with Gasteiger partial charge in [0.15, 0.2) is 0 Å². The number of likely N-dealkylation sites (tertiary alicyclic amines) is 1. The molecule has 0 radical (unpaired) electrons. The standard InChI is InChI=1S/C26H47N5O3/c1-24(2,3)29-13-12-28(22(33)19-29)10-9-25(4,5)31-17-20(15-21(31)32)16-26(6,7)30-14-11-27(8)18-23(30)34/h20H,9-19H2,1-8H3. The van der Waals surface area contributed by atoms with Gasteiger partial charge in [0.05, 0.1) is 13.1 Å². The van der Waals surface area contributed by atoms with E-state index in [1.807, 2.05) is 21.7 Å². The molecule has 0 bridgehead atoms. The van der Waals surface area contributed by atoms with Crippen molar-refractivity contribution in [1.29, 1.82) is 0 Å². The number of likely N-dealkylation sites (N-methyl/N-ethyl adjacent to an activating group) is 1. The van der Waals surface area contributed by atoms with E-state index in [0.29, 0.717) is 26.1 Å². The SMILES string of the molecule is CN1CCN(C(C)(C)CC2CC(=O)N(C(C)(C)CCN3CCN(C(C)(C)C)CC3=O)C2)C(=O)C1. The summed E-state index contributed by atoms with van der Waals surface area (Å²) in [5, 5.41) is 0. The highest BCUT2D eigenvalue weighted by atomic mass is 16.2. The Morgan fingerprint density at radius 3 is 2.03 bits per heavy atom. The molecule has 3 rings (SSSR count). The second-order valence-electron chi connectivity index (χ2n) is 12.9. The van der Waals surface area contributed by atoms with Crippen molar-refractivity contribution in [3.63, 3.8) is 0 Å². The van der Waals surface area contributed by atoms with Crippen LogP contribution in [-0.4, -0.2) is 118 Å². The molecule has 3 aliphatic heterocycles. The molecule has 34 heavy (non-hydrogen) atoms. The lowest BCUT2D eigenvalue weighted by atomic mass is 9.87. The summed E-state index contributed by atoms with van der Waals surface area (Å²) < 4.78 is 0. The number of carbonyl (C=O) groups is 3. The van der Waals surface area contributed by atoms with Crippen LogP contribution in [0, 0.1) is 5.92 Å². The number of amides is 3. The minimum Gasteiger partial charge on any atom is -0.340 e. The monoisotopic (exact) mass is 477 g/mol. The predicted octanol–water partition coefficient (Wildman–Crippen LogP) is 1.89. The van der Waals surface area contributed by atoms with Gasteiger partial charge in [-0.2, -0.15) is 0 Å². The first-order valence-electron chi connectivity index (χ1n) is 12.9. The van der Waals surface area contributed by atoms with Crippen LogP contribution < -0.4 is 0 Å². The van der Waals surface area contributed by atoms with Gasteiger partial charge in [-0.05, 0) is 74.3 Å². The van der Waals surface area contributed by atoms with Gasteiger partial charge in [0.1, 0.15) is 0 Å². The van der Waals surface area contributed by atoms with E-state index in [2.05, 4.69) is 58.3 Å². The fourth-order valence-corrected chi connectivity index (χ4v) is 5.81. The first-order chi connectivity index (χ1) is 15.6. The van der Waals surface area contributed by atoms with Crippen LogP contribution in [0.1, 0.15) is 67.7 Å². The Bertz CT molecular complexity index is 788. The molecule has 1 atom stereocenters. The van der Waals surface area contributed by atoms with Crippen LogP contribution in [0.25, 0.3) is 0 Å². The zero-order valence-electron chi connectivity index (χ0n) is 22.8. The van der Waals surface area contributed by atoms with Crippen molar-refractivity contribution in [2.75, 3.05) is 59.4 Å². The Balaban J connectivity index is 1.54. The maximum absolute atomic E-state index is 13.0. The van der Waals surface area contributed by atoms with E-state index < -0.39 is 0 Å². The third kappa shape index (κ3) is 6.11. The van der Waals surface area contributed by atoms with Gasteiger partial charge in [-0.25, -0.2) is 0 Å². The summed E-state index contributed by atoms with van der Waals surface area (Å²) in [4.78, 5) is 48.7. The maximum Gasteiger partial charge on any atom is 0.237 e. The van der Waals surface area contributed by atoms with Crippen molar-refractivity contribution in [1.82, 2.24) is 24.5 Å². The topological polar surface area (TPSA) is 67.4 Å². The Morgan fingerprint density at radius 1 is 0.765 bits per heavy atom. The van der Waals surface area contributed by atoms with Crippen molar-refractivity contribution < 1.29 is 14.4 Å². The maximum atomic E-state index is 13.0. The van der Waals surface area contributed by atoms with E-state index in [9.17, 15) is 14.4 Å². The molecule has 3 amide bonds. The lowest BCUT2D eigenvalue weighted by Gasteiger charge is -2.44. The van der Waals surface area contributed by atoms with Crippen molar-refractivity contribution in [3.8, 4) is 0 Å². The minimum absolute atomic E-state index is 0.000509. The fourth-order valence-electron chi connectivity index (χ4n) is 5.81. The quantitative estimate of drug-likeness (QED) is 0.560. The molecule has 0 spiro atoms. The van der Waals surface area contributed by atoms with E-state index in [4.69, 9.17) is 0 Å². The Labute approximate surface area is 206 Å². The zero-order valence-corrected chi connectivity index (χ0v) is 22.8. The molecule has 0 aromatic heterocycles. The van der Waals surface area contributed by atoms with Crippen LogP contribution in [-0.2, 0) is 14.4 Å². The number of hydrogen-bond acceptors (Lipinski definition) is 5. The third-order valence-electron chi connectivity index (χ3n) is 8.13. The predicted molar refractivity (Wildman–Crippen MR) is 134 cm³/mol. The van der Waals surface area contributed by atoms with Gasteiger partial charge >= 0.3 is 0 Å². The third-order valence-corrected chi connectivity index (χ3v) is 8.13. The van der Waals surface area contributed by atoms with E-state index >= 15 is 0 Å². The van der Waals surface area contributed by atoms with Crippen LogP contribution in [0.2, 0.25) is 0 Å². The molecular formula is C26H47N5O3. The Morgan fingerprint density at radius 2 is 1.44 bits per heavy atom. The minimum atomic E-state index is -0.304. The van der Waals surface area contributed by atoms with Crippen LogP contribution in [0.15, 0.2) is 0 Å². The summed E-state index contributed by atoms with van der Waals surface area (Å²) in [5.74, 6) is 0.795. The highest BCUT2D eigenvalue weighted by molar-refractivity contribution is 5.81. The largest absolute Gasteiger partial charge is 0.340 e. The average molecular weight is 478 g/mol. The number of piperazine rings is 2. The van der Waals surface area contributed by atoms with Gasteiger partial charge in [0.25, 0.3) is 0 Å². The van der Waals surface area contributed by atoms with Gasteiger partial charge in [0, 0.05) is 62.3 Å². The molecule has 1 unspecified atom stereocenters. The molecular weight excluding hydrogens is 430 g/mol. The molecule has 8 nitrogen and oxygen atoms in total. The van der Waals surface area contributed by atoms with Gasteiger partial charge in [-0.1, -0.05) is 0 Å². The van der Waals surface area contributed by atoms with Crippen molar-refractivity contribution in [2.24, 2.45) is 5.92 Å². The molecule has 0 aromatic rings. The highest BCUT2D eigenvalue weighted by Gasteiger charge is 2.43. The number of carbonyl (C=O) groups excluding carboxylic acids is 3. The van der Waals surface area contributed by atoms with Gasteiger partial charge in [-0.3, -0.25) is 24.2 Å². The lowest BCUT2D eigenvalue weighted by molar-refractivity contribution is -0.142. The molecule has 3 aliphatic rings. The summed E-state index contributed by atoms with van der Waals surface area (Å²) in [6.07, 6.45) is 2.14. The van der Waals surface area contributed by atoms with E-state index in [0.717, 1.165) is 45.6 Å². The summed E-state index contributed by atoms with van der Waals surface area (Å²) in [6.45, 7) is 20.6. The summed E-state index contributed by atoms with van der Waals surface area (Å²) >= 11 is 0. The first kappa shape index (κ1) is 26.9. The molecule has 8 heteroatoms. The number of hydrogen-bond donors (Lipinski definition) is 0. The average Bonchev–Trinajstić information content (AvgIpc) is 3.06. The van der Waals surface area contributed by atoms with Crippen LogP contribution in [0.5, 0.6) is 0 Å². The van der Waals surface area contributed by atoms with Crippen molar-refractivity contribution in [3.05, 3.63) is 0 Å². The lowest BCUT2D eigenvalue weighted by Crippen LogP contribution is -2.57. The molecule has 0 aliphatic carbocycles. The molecule has 3 saturated heterocycles. The van der Waals surface area contributed by atoms with Gasteiger partial charge < -0.3 is 14.7 Å². The zero-order chi connectivity index (χ0) is 25.5. The number of rotatable bonds is 7. The highest BCUT2D eigenvalue weighted by Crippen LogP contribution is 2.35. The molecule has 0 aromatic carbocycles. The molecule has 194 valence electrons. The molecule has 0 saturated carbocycles. The van der Waals surface area contributed by atoms with Crippen LogP contribution in [0.4, 0.5) is 0 Å². The smallest absolute Gasteiger partial charge is 0.237 e. The van der Waals surface area contributed by atoms with Crippen LogP contribution >= 0.6 is 0 Å². The second kappa shape index (κ2) is 9.76. The normalized spacial score (nSPS) is 24.5. The van der Waals surface area contributed by atoms with E-state index in [1.165, 1.54) is 0 Å². The summed E-state index contributed by atoms with van der Waals surface area (Å²) in [5.41, 5.74) is -0.565. The Hall–Kier alpha value is -1.67. The fraction of sp³-hybridized carbons (Fsp3) is 0.885. The van der Waals surface area contributed by atoms with Gasteiger partial charge in [0.2, 0.25) is 17.7 Å². The molecule has 0 N–H and O–H groups in total.